The first kappa shape index (κ1) is 14.5. The van der Waals surface area contributed by atoms with E-state index in [1.54, 1.807) is 0 Å². The van der Waals surface area contributed by atoms with Gasteiger partial charge in [0.25, 0.3) is 0 Å². The van der Waals surface area contributed by atoms with Gasteiger partial charge in [0.05, 0.1) is 9.26 Å². The van der Waals surface area contributed by atoms with Crippen molar-refractivity contribution in [2.24, 2.45) is 11.8 Å². The van der Waals surface area contributed by atoms with Gasteiger partial charge in [-0.3, -0.25) is 0 Å². The molecule has 4 heteroatoms. The van der Waals surface area contributed by atoms with Crippen LogP contribution in [0.4, 0.5) is 0 Å². The van der Waals surface area contributed by atoms with Gasteiger partial charge in [0.2, 0.25) is 0 Å². The van der Waals surface area contributed by atoms with E-state index in [4.69, 9.17) is 16.6 Å². The molecule has 0 saturated heterocycles. The Hall–Kier alpha value is 0.1000. The van der Waals surface area contributed by atoms with Crippen molar-refractivity contribution in [1.82, 2.24) is 9.97 Å². The van der Waals surface area contributed by atoms with Gasteiger partial charge in [-0.1, -0.05) is 39.3 Å². The molecular formula is C14H20ClIN2. The van der Waals surface area contributed by atoms with Crippen molar-refractivity contribution < 1.29 is 0 Å². The molecule has 1 heterocycles. The minimum absolute atomic E-state index is 0.386. The molecule has 18 heavy (non-hydrogen) atoms. The number of hydrogen-bond donors (Lipinski definition) is 0. The normalized spacial score (nSPS) is 16.1. The topological polar surface area (TPSA) is 25.8 Å². The second-order valence-corrected chi connectivity index (χ2v) is 7.30. The van der Waals surface area contributed by atoms with Crippen LogP contribution in [0.3, 0.4) is 0 Å². The molecule has 1 aliphatic carbocycles. The second kappa shape index (κ2) is 5.61. The highest BCUT2D eigenvalue weighted by Crippen LogP contribution is 2.43. The highest BCUT2D eigenvalue weighted by atomic mass is 127. The average molecular weight is 379 g/mol. The van der Waals surface area contributed by atoms with Crippen molar-refractivity contribution in [3.05, 3.63) is 20.2 Å². The number of nitrogens with zero attached hydrogens (tertiary/aromatic N) is 2. The van der Waals surface area contributed by atoms with Crippen molar-refractivity contribution in [2.75, 3.05) is 0 Å². The molecule has 0 spiro atoms. The molecule has 100 valence electrons. The fourth-order valence-electron chi connectivity index (χ4n) is 2.60. The largest absolute Gasteiger partial charge is 0.236 e. The summed E-state index contributed by atoms with van der Waals surface area (Å²) in [5.41, 5.74) is 1.18. The molecule has 0 bridgehead atoms. The van der Waals surface area contributed by atoms with E-state index >= 15 is 0 Å². The zero-order valence-corrected chi connectivity index (χ0v) is 14.3. The fraction of sp³-hybridized carbons (Fsp3) is 0.714. The van der Waals surface area contributed by atoms with Gasteiger partial charge < -0.3 is 0 Å². The van der Waals surface area contributed by atoms with Gasteiger partial charge in [0.15, 0.2) is 0 Å². The smallest absolute Gasteiger partial charge is 0.146 e. The van der Waals surface area contributed by atoms with Crippen LogP contribution in [0.25, 0.3) is 0 Å². The van der Waals surface area contributed by atoms with Crippen molar-refractivity contribution >= 4 is 34.2 Å². The summed E-state index contributed by atoms with van der Waals surface area (Å²) in [5, 5.41) is 0.633. The fourth-order valence-corrected chi connectivity index (χ4v) is 3.46. The SMILES string of the molecule is CC(C)C(c1nc(Cl)c(I)c(C2CC2)n1)C(C)C. The maximum Gasteiger partial charge on any atom is 0.146 e. The van der Waals surface area contributed by atoms with Crippen LogP contribution in [0.2, 0.25) is 5.15 Å². The molecule has 2 rings (SSSR count). The van der Waals surface area contributed by atoms with Crippen LogP contribution in [0.15, 0.2) is 0 Å². The monoisotopic (exact) mass is 378 g/mol. The Kier molecular flexibility index (Phi) is 4.52. The van der Waals surface area contributed by atoms with E-state index in [1.807, 2.05) is 0 Å². The summed E-state index contributed by atoms with van der Waals surface area (Å²) < 4.78 is 1.05. The lowest BCUT2D eigenvalue weighted by Gasteiger charge is -2.24. The molecule has 0 aromatic carbocycles. The summed E-state index contributed by atoms with van der Waals surface area (Å²) in [5.74, 6) is 3.02. The van der Waals surface area contributed by atoms with Gasteiger partial charge in [-0.25, -0.2) is 9.97 Å². The van der Waals surface area contributed by atoms with E-state index in [0.717, 1.165) is 9.39 Å². The van der Waals surface area contributed by atoms with Crippen molar-refractivity contribution in [2.45, 2.75) is 52.4 Å². The predicted molar refractivity (Wildman–Crippen MR) is 84.2 cm³/mol. The Bertz CT molecular complexity index is 434. The minimum atomic E-state index is 0.386. The molecule has 0 amide bonds. The summed E-state index contributed by atoms with van der Waals surface area (Å²) in [6.07, 6.45) is 2.49. The van der Waals surface area contributed by atoms with E-state index in [-0.39, 0.29) is 0 Å². The minimum Gasteiger partial charge on any atom is -0.236 e. The molecule has 1 fully saturated rings. The van der Waals surface area contributed by atoms with Crippen molar-refractivity contribution in [3.8, 4) is 0 Å². The Morgan fingerprint density at radius 3 is 2.11 bits per heavy atom. The Morgan fingerprint density at radius 2 is 1.67 bits per heavy atom. The van der Waals surface area contributed by atoms with E-state index in [0.29, 0.717) is 28.8 Å². The van der Waals surface area contributed by atoms with Gasteiger partial charge in [0.1, 0.15) is 11.0 Å². The predicted octanol–water partition coefficient (Wildman–Crippen LogP) is 5.01. The average Bonchev–Trinajstić information content (AvgIpc) is 3.05. The second-order valence-electron chi connectivity index (χ2n) is 5.86. The molecule has 0 radical (unpaired) electrons. The standard InChI is InChI=1S/C14H20ClIN2/c1-7(2)10(8(3)4)14-17-12(9-5-6-9)11(16)13(15)18-14/h7-10H,5-6H2,1-4H3. The van der Waals surface area contributed by atoms with Crippen LogP contribution in [-0.4, -0.2) is 9.97 Å². The lowest BCUT2D eigenvalue weighted by molar-refractivity contribution is 0.370. The summed E-state index contributed by atoms with van der Waals surface area (Å²) in [6.45, 7) is 8.93. The van der Waals surface area contributed by atoms with Gasteiger partial charge in [-0.15, -0.1) is 0 Å². The summed E-state index contributed by atoms with van der Waals surface area (Å²) in [7, 11) is 0. The Labute approximate surface area is 128 Å². The molecule has 1 aliphatic rings. The van der Waals surface area contributed by atoms with E-state index in [1.165, 1.54) is 18.5 Å². The van der Waals surface area contributed by atoms with Gasteiger partial charge in [-0.2, -0.15) is 0 Å². The third-order valence-electron chi connectivity index (χ3n) is 3.55. The number of hydrogen-bond acceptors (Lipinski definition) is 2. The number of halogens is 2. The van der Waals surface area contributed by atoms with Crippen LogP contribution in [0.5, 0.6) is 0 Å². The summed E-state index contributed by atoms with van der Waals surface area (Å²) in [6, 6.07) is 0. The van der Waals surface area contributed by atoms with E-state index in [2.05, 4.69) is 55.3 Å². The van der Waals surface area contributed by atoms with Crippen LogP contribution in [-0.2, 0) is 0 Å². The maximum atomic E-state index is 6.29. The Morgan fingerprint density at radius 1 is 1.11 bits per heavy atom. The lowest BCUT2D eigenvalue weighted by atomic mass is 9.85. The highest BCUT2D eigenvalue weighted by Gasteiger charge is 2.31. The highest BCUT2D eigenvalue weighted by molar-refractivity contribution is 14.1. The maximum absolute atomic E-state index is 6.29. The van der Waals surface area contributed by atoms with Gasteiger partial charge >= 0.3 is 0 Å². The number of aromatic nitrogens is 2. The first-order chi connectivity index (χ1) is 8.41. The zero-order valence-electron chi connectivity index (χ0n) is 11.4. The zero-order chi connectivity index (χ0) is 13.4. The van der Waals surface area contributed by atoms with Gasteiger partial charge in [0, 0.05) is 11.8 Å². The van der Waals surface area contributed by atoms with Crippen molar-refractivity contribution in [3.63, 3.8) is 0 Å². The molecule has 0 N–H and O–H groups in total. The van der Waals surface area contributed by atoms with E-state index in [9.17, 15) is 0 Å². The third kappa shape index (κ3) is 2.98. The molecule has 0 unspecified atom stereocenters. The van der Waals surface area contributed by atoms with Crippen LogP contribution in [0.1, 0.15) is 63.9 Å². The number of rotatable bonds is 4. The quantitative estimate of drug-likeness (QED) is 0.544. The Balaban J connectivity index is 2.43. The first-order valence-electron chi connectivity index (χ1n) is 6.64. The van der Waals surface area contributed by atoms with E-state index < -0.39 is 0 Å². The molecule has 1 aromatic heterocycles. The molecule has 0 aliphatic heterocycles. The molecule has 2 nitrogen and oxygen atoms in total. The molecule has 1 saturated carbocycles. The van der Waals surface area contributed by atoms with Gasteiger partial charge in [-0.05, 0) is 47.3 Å². The molecular weight excluding hydrogens is 359 g/mol. The van der Waals surface area contributed by atoms with Crippen molar-refractivity contribution in [1.29, 1.82) is 0 Å². The summed E-state index contributed by atoms with van der Waals surface area (Å²) in [4.78, 5) is 9.37. The van der Waals surface area contributed by atoms with Crippen LogP contribution < -0.4 is 0 Å². The van der Waals surface area contributed by atoms with Crippen LogP contribution in [0, 0.1) is 15.4 Å². The molecule has 0 atom stereocenters. The first-order valence-corrected chi connectivity index (χ1v) is 8.10. The third-order valence-corrected chi connectivity index (χ3v) is 5.21. The lowest BCUT2D eigenvalue weighted by Crippen LogP contribution is -2.18. The molecule has 1 aromatic rings. The van der Waals surface area contributed by atoms with Crippen LogP contribution >= 0.6 is 34.2 Å². The summed E-state index contributed by atoms with van der Waals surface area (Å²) >= 11 is 8.56.